The summed E-state index contributed by atoms with van der Waals surface area (Å²) in [4.78, 5) is 15.5. The van der Waals surface area contributed by atoms with Crippen LogP contribution < -0.4 is 5.32 Å². The topological polar surface area (TPSA) is 113 Å². The Morgan fingerprint density at radius 3 is 2.73 bits per heavy atom. The average Bonchev–Trinajstić information content (AvgIpc) is 3.49. The molecule has 0 saturated heterocycles. The molecule has 172 valence electrons. The smallest absolute Gasteiger partial charge is 0.245 e. The molecule has 1 amide bonds. The Bertz CT molecular complexity index is 1130. The van der Waals surface area contributed by atoms with E-state index in [0.29, 0.717) is 24.0 Å². The monoisotopic (exact) mass is 448 g/mol. The van der Waals surface area contributed by atoms with Crippen molar-refractivity contribution in [2.24, 2.45) is 5.92 Å². The lowest BCUT2D eigenvalue weighted by Crippen LogP contribution is -2.38. The summed E-state index contributed by atoms with van der Waals surface area (Å²) in [6.45, 7) is 1.69. The maximum Gasteiger partial charge on any atom is 0.245 e. The molecule has 1 aromatic carbocycles. The zero-order valence-electron chi connectivity index (χ0n) is 18.6. The lowest BCUT2D eigenvalue weighted by Gasteiger charge is -2.26. The second kappa shape index (κ2) is 10.5. The van der Waals surface area contributed by atoms with Gasteiger partial charge < -0.3 is 24.6 Å². The van der Waals surface area contributed by atoms with Crippen molar-refractivity contribution in [1.29, 1.82) is 0 Å². The quantitative estimate of drug-likeness (QED) is 0.500. The molecule has 2 aromatic heterocycles. The largest absolute Gasteiger partial charge is 0.387 e. The molecule has 3 N–H and O–H groups in total. The number of aromatic nitrogens is 3. The first-order chi connectivity index (χ1) is 16.0. The minimum absolute atomic E-state index is 0.140. The third-order valence-electron chi connectivity index (χ3n) is 5.84. The molecule has 0 spiro atoms. The number of carbonyl (C=O) groups excluding carboxylic acids is 1. The molecule has 0 aliphatic heterocycles. The predicted molar refractivity (Wildman–Crippen MR) is 122 cm³/mol. The second-order valence-electron chi connectivity index (χ2n) is 8.39. The molecular weight excluding hydrogens is 420 g/mol. The van der Waals surface area contributed by atoms with Gasteiger partial charge in [-0.15, -0.1) is 0 Å². The van der Waals surface area contributed by atoms with Crippen LogP contribution in [0.1, 0.15) is 55.8 Å². The molecular formula is C25H28N4O4. The van der Waals surface area contributed by atoms with Crippen molar-refractivity contribution in [2.45, 2.75) is 51.3 Å². The van der Waals surface area contributed by atoms with Gasteiger partial charge in [-0.1, -0.05) is 17.0 Å². The summed E-state index contributed by atoms with van der Waals surface area (Å²) < 4.78 is 7.36. The van der Waals surface area contributed by atoms with E-state index < -0.39 is 12.7 Å². The Kier molecular flexibility index (Phi) is 7.23. The zero-order chi connectivity index (χ0) is 23.2. The van der Waals surface area contributed by atoms with E-state index in [1.165, 1.54) is 0 Å². The van der Waals surface area contributed by atoms with Crippen LogP contribution in [0, 0.1) is 17.8 Å². The summed E-state index contributed by atoms with van der Waals surface area (Å²) in [6.07, 6.45) is 6.46. The van der Waals surface area contributed by atoms with Crippen LogP contribution in [0.15, 0.2) is 47.2 Å². The number of benzene rings is 1. The van der Waals surface area contributed by atoms with Crippen molar-refractivity contribution < 1.29 is 19.5 Å². The number of rotatable bonds is 6. The summed E-state index contributed by atoms with van der Waals surface area (Å²) in [5.74, 6) is 7.87. The van der Waals surface area contributed by atoms with Crippen LogP contribution in [0.2, 0.25) is 0 Å². The Hall–Kier alpha value is -3.41. The first-order valence-corrected chi connectivity index (χ1v) is 11.2. The number of nitrogens with zero attached hydrogens (tertiary/aromatic N) is 3. The summed E-state index contributed by atoms with van der Waals surface area (Å²) in [5.41, 5.74) is 2.61. The van der Waals surface area contributed by atoms with Crippen molar-refractivity contribution in [1.82, 2.24) is 20.0 Å². The number of amides is 1. The van der Waals surface area contributed by atoms with Crippen LogP contribution in [-0.4, -0.2) is 43.5 Å². The number of hydrogen-bond donors (Lipinski definition) is 3. The Labute approximate surface area is 192 Å². The van der Waals surface area contributed by atoms with E-state index in [1.807, 2.05) is 41.1 Å². The van der Waals surface area contributed by atoms with E-state index in [2.05, 4.69) is 27.3 Å². The lowest BCUT2D eigenvalue weighted by molar-refractivity contribution is -0.124. The van der Waals surface area contributed by atoms with Crippen LogP contribution in [0.25, 0.3) is 11.3 Å². The summed E-state index contributed by atoms with van der Waals surface area (Å²) >= 11 is 0. The van der Waals surface area contributed by atoms with Crippen LogP contribution in [0.4, 0.5) is 0 Å². The van der Waals surface area contributed by atoms with E-state index in [4.69, 9.17) is 9.63 Å². The molecule has 1 aliphatic carbocycles. The maximum absolute atomic E-state index is 11.3. The first kappa shape index (κ1) is 22.8. The predicted octanol–water partition coefficient (Wildman–Crippen LogP) is 2.66. The van der Waals surface area contributed by atoms with Crippen molar-refractivity contribution in [3.05, 3.63) is 59.8 Å². The third-order valence-corrected chi connectivity index (χ3v) is 5.84. The number of imidazole rings is 1. The second-order valence-corrected chi connectivity index (χ2v) is 8.39. The molecule has 0 unspecified atom stereocenters. The lowest BCUT2D eigenvalue weighted by atomic mass is 9.86. The minimum Gasteiger partial charge on any atom is -0.387 e. The van der Waals surface area contributed by atoms with Gasteiger partial charge in [-0.05, 0) is 56.9 Å². The fourth-order valence-electron chi connectivity index (χ4n) is 4.08. The minimum atomic E-state index is -0.651. The number of aliphatic hydroxyl groups is 2. The molecule has 8 heteroatoms. The molecule has 2 heterocycles. The van der Waals surface area contributed by atoms with Gasteiger partial charge in [0.05, 0.1) is 6.54 Å². The highest BCUT2D eigenvalue weighted by Crippen LogP contribution is 2.25. The van der Waals surface area contributed by atoms with Gasteiger partial charge in [0.15, 0.2) is 5.76 Å². The van der Waals surface area contributed by atoms with E-state index >= 15 is 0 Å². The third kappa shape index (κ3) is 5.89. The molecule has 4 rings (SSSR count). The van der Waals surface area contributed by atoms with E-state index in [-0.39, 0.29) is 11.9 Å². The number of carbonyl (C=O) groups is 1. The van der Waals surface area contributed by atoms with Gasteiger partial charge >= 0.3 is 0 Å². The summed E-state index contributed by atoms with van der Waals surface area (Å²) in [7, 11) is 0. The van der Waals surface area contributed by atoms with Crippen molar-refractivity contribution >= 4 is 5.91 Å². The van der Waals surface area contributed by atoms with Gasteiger partial charge in [-0.25, -0.2) is 4.98 Å². The Balaban J connectivity index is 1.33. The van der Waals surface area contributed by atoms with E-state index in [1.54, 1.807) is 13.1 Å². The normalized spacial score (nSPS) is 18.9. The highest BCUT2D eigenvalue weighted by molar-refractivity contribution is 5.77. The zero-order valence-corrected chi connectivity index (χ0v) is 18.6. The van der Waals surface area contributed by atoms with Crippen LogP contribution in [0.5, 0.6) is 0 Å². The molecule has 1 atom stereocenters. The molecule has 1 aliphatic rings. The summed E-state index contributed by atoms with van der Waals surface area (Å²) in [6, 6.07) is 9.90. The molecule has 0 bridgehead atoms. The van der Waals surface area contributed by atoms with E-state index in [9.17, 15) is 9.90 Å². The molecule has 3 aromatic rings. The van der Waals surface area contributed by atoms with Gasteiger partial charge in [0.1, 0.15) is 24.2 Å². The first-order valence-electron chi connectivity index (χ1n) is 11.2. The van der Waals surface area contributed by atoms with Crippen LogP contribution in [0.3, 0.4) is 0 Å². The SMILES string of the molecule is C[C@H](O)c1nccn1Cc1cc(-c2ccc(C#CC3CCC(NC(=O)CO)CC3)cc2)on1. The molecule has 8 nitrogen and oxygen atoms in total. The fourth-order valence-corrected chi connectivity index (χ4v) is 4.08. The van der Waals surface area contributed by atoms with Gasteiger partial charge in [0, 0.05) is 41.5 Å². The molecule has 0 radical (unpaired) electrons. The fraction of sp³-hybridized carbons (Fsp3) is 0.400. The highest BCUT2D eigenvalue weighted by Gasteiger charge is 2.21. The Morgan fingerprint density at radius 2 is 2.03 bits per heavy atom. The van der Waals surface area contributed by atoms with Crippen molar-refractivity contribution in [2.75, 3.05) is 6.61 Å². The van der Waals surface area contributed by atoms with Gasteiger partial charge in [-0.2, -0.15) is 0 Å². The van der Waals surface area contributed by atoms with Crippen LogP contribution >= 0.6 is 0 Å². The summed E-state index contributed by atoms with van der Waals surface area (Å²) in [5, 5.41) is 25.6. The Morgan fingerprint density at radius 1 is 1.27 bits per heavy atom. The average molecular weight is 449 g/mol. The van der Waals surface area contributed by atoms with Crippen molar-refractivity contribution in [3.63, 3.8) is 0 Å². The molecule has 33 heavy (non-hydrogen) atoms. The van der Waals surface area contributed by atoms with Crippen molar-refractivity contribution in [3.8, 4) is 23.2 Å². The number of aliphatic hydroxyl groups excluding tert-OH is 2. The molecule has 1 saturated carbocycles. The van der Waals surface area contributed by atoms with E-state index in [0.717, 1.165) is 42.5 Å². The molecule has 1 fully saturated rings. The van der Waals surface area contributed by atoms with Crippen LogP contribution in [-0.2, 0) is 11.3 Å². The van der Waals surface area contributed by atoms with Gasteiger partial charge in [-0.3, -0.25) is 4.79 Å². The van der Waals surface area contributed by atoms with Gasteiger partial charge in [0.2, 0.25) is 5.91 Å². The number of hydrogen-bond acceptors (Lipinski definition) is 6. The van der Waals surface area contributed by atoms with Gasteiger partial charge in [0.25, 0.3) is 0 Å². The number of nitrogens with one attached hydrogen (secondary N) is 1. The maximum atomic E-state index is 11.3. The standard InChI is InChI=1S/C25H28N4O4/c1-17(31)25-26-12-13-29(25)15-22-14-23(33-28-22)20-8-4-18(5-9-20)2-3-19-6-10-21(11-7-19)27-24(32)16-30/h4-5,8-9,12-14,17,19,21,30-31H,6-7,10-11,15-16H2,1H3,(H,27,32)/t17-,19?,21?/m0/s1. The highest BCUT2D eigenvalue weighted by atomic mass is 16.5.